The molecule has 1 aromatic rings. The molecule has 26 heavy (non-hydrogen) atoms. The van der Waals surface area contributed by atoms with Crippen molar-refractivity contribution in [3.8, 4) is 0 Å². The van der Waals surface area contributed by atoms with Crippen LogP contribution in [0.2, 0.25) is 0 Å². The number of hydrogen-bond acceptors (Lipinski definition) is 3. The van der Waals surface area contributed by atoms with Gasteiger partial charge in [-0.25, -0.2) is 9.18 Å². The summed E-state index contributed by atoms with van der Waals surface area (Å²) < 4.78 is 13.4. The quantitative estimate of drug-likeness (QED) is 0.577. The summed E-state index contributed by atoms with van der Waals surface area (Å²) in [6.45, 7) is 2.07. The van der Waals surface area contributed by atoms with Gasteiger partial charge in [0.15, 0.2) is 0 Å². The van der Waals surface area contributed by atoms with E-state index in [-0.39, 0.29) is 36.6 Å². The standard InChI is InChI=1S/C18H24FN3O4/c1-11-2-3-13(10-15(11)19)16(23)20-8-9-21-18(26)22-14-6-4-12(5-7-14)17(24)25/h2-3,10,12,14H,4-9H2,1H3,(H,20,23)(H,24,25)(H2,21,22,26). The smallest absolute Gasteiger partial charge is 0.315 e. The van der Waals surface area contributed by atoms with Crippen LogP contribution in [0.15, 0.2) is 18.2 Å². The van der Waals surface area contributed by atoms with Crippen LogP contribution in [0.4, 0.5) is 9.18 Å². The summed E-state index contributed by atoms with van der Waals surface area (Å²) in [6.07, 6.45) is 2.40. The second-order valence-corrected chi connectivity index (χ2v) is 6.51. The van der Waals surface area contributed by atoms with Gasteiger partial charge in [0.2, 0.25) is 0 Å². The number of amides is 3. The first-order chi connectivity index (χ1) is 12.4. The van der Waals surface area contributed by atoms with Crippen molar-refractivity contribution in [2.24, 2.45) is 5.92 Å². The summed E-state index contributed by atoms with van der Waals surface area (Å²) in [6, 6.07) is 3.88. The number of carboxylic acids is 1. The molecule has 1 saturated carbocycles. The largest absolute Gasteiger partial charge is 0.481 e. The van der Waals surface area contributed by atoms with Crippen molar-refractivity contribution in [2.45, 2.75) is 38.6 Å². The zero-order valence-electron chi connectivity index (χ0n) is 14.7. The number of carboxylic acid groups (broad SMARTS) is 1. The molecule has 8 heteroatoms. The topological polar surface area (TPSA) is 108 Å². The third-order valence-corrected chi connectivity index (χ3v) is 4.54. The van der Waals surface area contributed by atoms with E-state index < -0.39 is 17.7 Å². The van der Waals surface area contributed by atoms with Crippen LogP contribution in [-0.4, -0.2) is 42.1 Å². The Kier molecular flexibility index (Phi) is 6.94. The van der Waals surface area contributed by atoms with Crippen molar-refractivity contribution in [3.63, 3.8) is 0 Å². The molecule has 1 aliphatic carbocycles. The molecule has 3 amide bonds. The van der Waals surface area contributed by atoms with E-state index >= 15 is 0 Å². The second-order valence-electron chi connectivity index (χ2n) is 6.51. The molecule has 0 spiro atoms. The average molecular weight is 365 g/mol. The van der Waals surface area contributed by atoms with E-state index in [4.69, 9.17) is 5.11 Å². The SMILES string of the molecule is Cc1ccc(C(=O)NCCNC(=O)NC2CCC(C(=O)O)CC2)cc1F. The summed E-state index contributed by atoms with van der Waals surface area (Å²) in [5, 5.41) is 17.0. The highest BCUT2D eigenvalue weighted by Gasteiger charge is 2.26. The summed E-state index contributed by atoms with van der Waals surface area (Å²) in [5.41, 5.74) is 0.699. The number of nitrogens with one attached hydrogen (secondary N) is 3. The molecule has 0 aliphatic heterocycles. The molecule has 0 atom stereocenters. The maximum Gasteiger partial charge on any atom is 0.315 e. The number of urea groups is 1. The first-order valence-electron chi connectivity index (χ1n) is 8.68. The summed E-state index contributed by atoms with van der Waals surface area (Å²) >= 11 is 0. The Balaban J connectivity index is 1.63. The van der Waals surface area contributed by atoms with Crippen LogP contribution >= 0.6 is 0 Å². The number of carbonyl (C=O) groups is 3. The van der Waals surface area contributed by atoms with Gasteiger partial charge in [0.1, 0.15) is 5.82 Å². The highest BCUT2D eigenvalue weighted by Crippen LogP contribution is 2.24. The minimum absolute atomic E-state index is 0.0317. The Hall–Kier alpha value is -2.64. The predicted molar refractivity (Wildman–Crippen MR) is 93.4 cm³/mol. The molecular weight excluding hydrogens is 341 g/mol. The van der Waals surface area contributed by atoms with Crippen LogP contribution in [-0.2, 0) is 4.79 Å². The van der Waals surface area contributed by atoms with Crippen LogP contribution < -0.4 is 16.0 Å². The lowest BCUT2D eigenvalue weighted by Gasteiger charge is -2.26. The second kappa shape index (κ2) is 9.17. The Morgan fingerprint density at radius 2 is 1.77 bits per heavy atom. The third kappa shape index (κ3) is 5.72. The minimum Gasteiger partial charge on any atom is -0.481 e. The van der Waals surface area contributed by atoms with Crippen molar-refractivity contribution in [2.75, 3.05) is 13.1 Å². The lowest BCUT2D eigenvalue weighted by atomic mass is 9.86. The summed E-state index contributed by atoms with van der Waals surface area (Å²) in [7, 11) is 0. The van der Waals surface area contributed by atoms with E-state index in [1.165, 1.54) is 12.1 Å². The van der Waals surface area contributed by atoms with Gasteiger partial charge in [0.25, 0.3) is 5.91 Å². The van der Waals surface area contributed by atoms with Crippen LogP contribution in [0, 0.1) is 18.7 Å². The van der Waals surface area contributed by atoms with Gasteiger partial charge < -0.3 is 21.1 Å². The zero-order valence-corrected chi connectivity index (χ0v) is 14.7. The van der Waals surface area contributed by atoms with Crippen LogP contribution in [0.1, 0.15) is 41.6 Å². The molecule has 0 saturated heterocycles. The normalized spacial score (nSPS) is 19.5. The zero-order chi connectivity index (χ0) is 19.1. The number of halogens is 1. The lowest BCUT2D eigenvalue weighted by Crippen LogP contribution is -2.46. The van der Waals surface area contributed by atoms with Gasteiger partial charge in [-0.2, -0.15) is 0 Å². The van der Waals surface area contributed by atoms with Crippen molar-refractivity contribution in [1.82, 2.24) is 16.0 Å². The highest BCUT2D eigenvalue weighted by molar-refractivity contribution is 5.94. The van der Waals surface area contributed by atoms with E-state index in [1.54, 1.807) is 13.0 Å². The van der Waals surface area contributed by atoms with Crippen molar-refractivity contribution in [1.29, 1.82) is 0 Å². The fourth-order valence-corrected chi connectivity index (χ4v) is 2.91. The number of aryl methyl sites for hydroxylation is 1. The molecule has 1 aliphatic rings. The summed E-state index contributed by atoms with van der Waals surface area (Å²) in [5.74, 6) is -1.94. The Morgan fingerprint density at radius 3 is 2.38 bits per heavy atom. The first kappa shape index (κ1) is 19.7. The van der Waals surface area contributed by atoms with E-state index in [0.717, 1.165) is 0 Å². The molecule has 4 N–H and O–H groups in total. The van der Waals surface area contributed by atoms with Crippen LogP contribution in [0.3, 0.4) is 0 Å². The molecule has 1 aromatic carbocycles. The molecule has 7 nitrogen and oxygen atoms in total. The van der Waals surface area contributed by atoms with E-state index in [2.05, 4.69) is 16.0 Å². The van der Waals surface area contributed by atoms with Gasteiger partial charge in [-0.1, -0.05) is 6.07 Å². The van der Waals surface area contributed by atoms with Gasteiger partial charge in [-0.15, -0.1) is 0 Å². The molecule has 0 unspecified atom stereocenters. The highest BCUT2D eigenvalue weighted by atomic mass is 19.1. The molecule has 1 fully saturated rings. The molecule has 0 bridgehead atoms. The third-order valence-electron chi connectivity index (χ3n) is 4.54. The Labute approximate surface area is 151 Å². The maximum absolute atomic E-state index is 13.4. The van der Waals surface area contributed by atoms with Gasteiger partial charge in [0.05, 0.1) is 5.92 Å². The Bertz CT molecular complexity index is 672. The molecule has 0 aromatic heterocycles. The molecule has 2 rings (SSSR count). The maximum atomic E-state index is 13.4. The fourth-order valence-electron chi connectivity index (χ4n) is 2.91. The molecule has 0 radical (unpaired) electrons. The van der Waals surface area contributed by atoms with Gasteiger partial charge in [-0.3, -0.25) is 9.59 Å². The van der Waals surface area contributed by atoms with Gasteiger partial charge in [-0.05, 0) is 50.3 Å². The first-order valence-corrected chi connectivity index (χ1v) is 8.68. The van der Waals surface area contributed by atoms with Crippen LogP contribution in [0.5, 0.6) is 0 Å². The van der Waals surface area contributed by atoms with Gasteiger partial charge >= 0.3 is 12.0 Å². The number of hydrogen-bond donors (Lipinski definition) is 4. The van der Waals surface area contributed by atoms with Gasteiger partial charge in [0, 0.05) is 24.7 Å². The number of rotatable bonds is 6. The summed E-state index contributed by atoms with van der Waals surface area (Å²) in [4.78, 5) is 34.6. The van der Waals surface area contributed by atoms with E-state index in [9.17, 15) is 18.8 Å². The van der Waals surface area contributed by atoms with Crippen LogP contribution in [0.25, 0.3) is 0 Å². The molecular formula is C18H24FN3O4. The number of benzene rings is 1. The number of aliphatic carboxylic acids is 1. The Morgan fingerprint density at radius 1 is 1.12 bits per heavy atom. The lowest BCUT2D eigenvalue weighted by molar-refractivity contribution is -0.142. The van der Waals surface area contributed by atoms with Crippen molar-refractivity contribution < 1.29 is 23.9 Å². The fraction of sp³-hybridized carbons (Fsp3) is 0.500. The molecule has 0 heterocycles. The van der Waals surface area contributed by atoms with E-state index in [1.807, 2.05) is 0 Å². The molecule has 142 valence electrons. The monoisotopic (exact) mass is 365 g/mol. The number of carbonyl (C=O) groups excluding carboxylic acids is 2. The van der Waals surface area contributed by atoms with E-state index in [0.29, 0.717) is 31.2 Å². The predicted octanol–water partition coefficient (Wildman–Crippen LogP) is 1.81. The minimum atomic E-state index is -0.780. The van der Waals surface area contributed by atoms with Crippen molar-refractivity contribution in [3.05, 3.63) is 35.1 Å². The average Bonchev–Trinajstić information content (AvgIpc) is 2.61. The van der Waals surface area contributed by atoms with Crippen molar-refractivity contribution >= 4 is 17.9 Å².